The minimum atomic E-state index is -0.374. The molecule has 0 fully saturated rings. The van der Waals surface area contributed by atoms with Crippen molar-refractivity contribution in [2.24, 2.45) is 0 Å². The normalized spacial score (nSPS) is 13.4. The van der Waals surface area contributed by atoms with Crippen molar-refractivity contribution in [1.29, 1.82) is 0 Å². The van der Waals surface area contributed by atoms with E-state index in [2.05, 4.69) is 0 Å². The molecule has 2 aromatic rings. The zero-order valence-corrected chi connectivity index (χ0v) is 15.3. The number of aromatic nitrogens is 1. The first-order valence-electron chi connectivity index (χ1n) is 7.93. The maximum absolute atomic E-state index is 11.9. The van der Waals surface area contributed by atoms with Gasteiger partial charge in [-0.05, 0) is 24.6 Å². The number of carbonyl (C=O) groups is 1. The van der Waals surface area contributed by atoms with Crippen LogP contribution in [-0.2, 0) is 22.7 Å². The van der Waals surface area contributed by atoms with Crippen LogP contribution >= 0.6 is 22.9 Å². The monoisotopic (exact) mass is 383 g/mol. The lowest BCUT2D eigenvalue weighted by Gasteiger charge is -2.12. The minimum Gasteiger partial charge on any atom is -0.489 e. The van der Waals surface area contributed by atoms with Crippen molar-refractivity contribution in [1.82, 2.24) is 4.57 Å². The van der Waals surface area contributed by atoms with Gasteiger partial charge in [-0.15, -0.1) is 0 Å². The molecule has 0 bridgehead atoms. The average Bonchev–Trinajstić information content (AvgIpc) is 2.78. The molecule has 1 aromatic heterocycles. The molecule has 0 spiro atoms. The van der Waals surface area contributed by atoms with Crippen molar-refractivity contribution < 1.29 is 19.0 Å². The first-order chi connectivity index (χ1) is 12.0. The number of rotatable bonds is 5. The summed E-state index contributed by atoms with van der Waals surface area (Å²) in [5.41, 5.74) is 1.57. The Morgan fingerprint density at radius 2 is 2.16 bits per heavy atom. The fraction of sp³-hybridized carbons (Fsp3) is 0.412. The van der Waals surface area contributed by atoms with Crippen LogP contribution in [0.2, 0.25) is 5.02 Å². The van der Waals surface area contributed by atoms with Gasteiger partial charge in [0.25, 0.3) is 0 Å². The smallest absolute Gasteiger partial charge is 0.307 e. The number of hydrogen-bond acceptors (Lipinski definition) is 6. The Morgan fingerprint density at radius 1 is 1.36 bits per heavy atom. The molecule has 1 aromatic carbocycles. The predicted molar refractivity (Wildman–Crippen MR) is 94.8 cm³/mol. The number of esters is 1. The van der Waals surface area contributed by atoms with E-state index in [4.69, 9.17) is 25.8 Å². The SMILES string of the molecule is Cc1csc(=O)n1CCC(=O)OCc1cc(Cl)c2c(c1)OCCCO2. The fourth-order valence-corrected chi connectivity index (χ4v) is 3.53. The van der Waals surface area contributed by atoms with Gasteiger partial charge in [-0.2, -0.15) is 0 Å². The molecule has 0 amide bonds. The van der Waals surface area contributed by atoms with Crippen molar-refractivity contribution in [3.05, 3.63) is 43.5 Å². The van der Waals surface area contributed by atoms with Crippen LogP contribution < -0.4 is 14.3 Å². The molecule has 0 saturated heterocycles. The second-order valence-electron chi connectivity index (χ2n) is 5.66. The molecule has 0 aliphatic carbocycles. The van der Waals surface area contributed by atoms with Crippen molar-refractivity contribution in [3.63, 3.8) is 0 Å². The van der Waals surface area contributed by atoms with E-state index < -0.39 is 0 Å². The van der Waals surface area contributed by atoms with E-state index in [1.807, 2.05) is 6.92 Å². The first-order valence-corrected chi connectivity index (χ1v) is 9.19. The van der Waals surface area contributed by atoms with Crippen molar-refractivity contribution >= 4 is 28.9 Å². The van der Waals surface area contributed by atoms with E-state index >= 15 is 0 Å². The Hall–Kier alpha value is -1.99. The lowest BCUT2D eigenvalue weighted by molar-refractivity contribution is -0.145. The van der Waals surface area contributed by atoms with Crippen molar-refractivity contribution in [3.8, 4) is 11.5 Å². The highest BCUT2D eigenvalue weighted by atomic mass is 35.5. The summed E-state index contributed by atoms with van der Waals surface area (Å²) in [5, 5.41) is 2.21. The molecule has 8 heteroatoms. The number of carbonyl (C=O) groups excluding carboxylic acids is 1. The van der Waals surface area contributed by atoms with Crippen LogP contribution in [0.25, 0.3) is 0 Å². The molecule has 1 aliphatic rings. The van der Waals surface area contributed by atoms with Gasteiger partial charge in [-0.3, -0.25) is 9.59 Å². The molecule has 3 rings (SSSR count). The molecular weight excluding hydrogens is 366 g/mol. The van der Waals surface area contributed by atoms with Gasteiger partial charge in [-0.25, -0.2) is 0 Å². The summed E-state index contributed by atoms with van der Waals surface area (Å²) in [5.74, 6) is 0.721. The third kappa shape index (κ3) is 4.35. The van der Waals surface area contributed by atoms with E-state index in [1.165, 1.54) is 0 Å². The Labute approximate surface area is 153 Å². The van der Waals surface area contributed by atoms with Gasteiger partial charge < -0.3 is 18.8 Å². The Bertz CT molecular complexity index is 829. The number of aryl methyl sites for hydroxylation is 1. The molecule has 6 nitrogen and oxygen atoms in total. The molecule has 0 saturated carbocycles. The molecule has 25 heavy (non-hydrogen) atoms. The Morgan fingerprint density at radius 3 is 2.92 bits per heavy atom. The zero-order chi connectivity index (χ0) is 17.8. The lowest BCUT2D eigenvalue weighted by Crippen LogP contribution is -2.17. The van der Waals surface area contributed by atoms with Gasteiger partial charge >= 0.3 is 10.8 Å². The summed E-state index contributed by atoms with van der Waals surface area (Å²) < 4.78 is 18.0. The zero-order valence-electron chi connectivity index (χ0n) is 13.7. The van der Waals surface area contributed by atoms with Crippen LogP contribution in [-0.4, -0.2) is 23.8 Å². The summed E-state index contributed by atoms with van der Waals surface area (Å²) in [6.07, 6.45) is 0.923. The number of nitrogens with zero attached hydrogens (tertiary/aromatic N) is 1. The van der Waals surface area contributed by atoms with Gasteiger partial charge in [0.05, 0.1) is 24.7 Å². The standard InChI is InChI=1S/C17H18ClNO5S/c1-11-10-25-17(21)19(11)4-3-15(20)24-9-12-7-13(18)16-14(8-12)22-5-2-6-23-16/h7-8,10H,2-6,9H2,1H3. The topological polar surface area (TPSA) is 66.8 Å². The molecule has 0 N–H and O–H groups in total. The van der Waals surface area contributed by atoms with Gasteiger partial charge in [0.1, 0.15) is 6.61 Å². The van der Waals surface area contributed by atoms with Crippen molar-refractivity contribution in [2.45, 2.75) is 32.9 Å². The summed E-state index contributed by atoms with van der Waals surface area (Å²) in [6, 6.07) is 3.48. The Balaban J connectivity index is 1.58. The fourth-order valence-electron chi connectivity index (χ4n) is 2.48. The van der Waals surface area contributed by atoms with Crippen LogP contribution in [0.1, 0.15) is 24.1 Å². The van der Waals surface area contributed by atoms with Gasteiger partial charge in [0.15, 0.2) is 11.5 Å². The lowest BCUT2D eigenvalue weighted by atomic mass is 10.2. The van der Waals surface area contributed by atoms with Crippen LogP contribution in [0.5, 0.6) is 11.5 Å². The van der Waals surface area contributed by atoms with E-state index in [1.54, 1.807) is 22.1 Å². The van der Waals surface area contributed by atoms with Crippen LogP contribution in [0.4, 0.5) is 0 Å². The molecule has 0 atom stereocenters. The van der Waals surface area contributed by atoms with E-state index in [9.17, 15) is 9.59 Å². The Kier molecular flexibility index (Phi) is 5.65. The predicted octanol–water partition coefficient (Wildman–Crippen LogP) is 3.17. The summed E-state index contributed by atoms with van der Waals surface area (Å²) in [7, 11) is 0. The number of halogens is 1. The number of ether oxygens (including phenoxy) is 3. The molecule has 0 radical (unpaired) electrons. The second-order valence-corrected chi connectivity index (χ2v) is 6.89. The third-order valence-electron chi connectivity index (χ3n) is 3.78. The van der Waals surface area contributed by atoms with Crippen LogP contribution in [0.3, 0.4) is 0 Å². The molecule has 134 valence electrons. The molecule has 0 unspecified atom stereocenters. The second kappa shape index (κ2) is 7.93. The van der Waals surface area contributed by atoms with E-state index in [0.717, 1.165) is 29.0 Å². The van der Waals surface area contributed by atoms with E-state index in [-0.39, 0.29) is 23.9 Å². The number of benzene rings is 1. The highest BCUT2D eigenvalue weighted by Crippen LogP contribution is 2.38. The van der Waals surface area contributed by atoms with Crippen LogP contribution in [0, 0.1) is 6.92 Å². The maximum atomic E-state index is 11.9. The number of hydrogen-bond donors (Lipinski definition) is 0. The summed E-state index contributed by atoms with van der Waals surface area (Å²) in [4.78, 5) is 23.5. The average molecular weight is 384 g/mol. The van der Waals surface area contributed by atoms with Crippen LogP contribution in [0.15, 0.2) is 22.3 Å². The highest BCUT2D eigenvalue weighted by molar-refractivity contribution is 7.07. The molecule has 1 aliphatic heterocycles. The van der Waals surface area contributed by atoms with Gasteiger partial charge in [0, 0.05) is 24.0 Å². The quantitative estimate of drug-likeness (QED) is 0.742. The molecular formula is C17H18ClNO5S. The molecule has 2 heterocycles. The minimum absolute atomic E-state index is 0.0695. The summed E-state index contributed by atoms with van der Waals surface area (Å²) >= 11 is 7.34. The first kappa shape index (κ1) is 17.8. The van der Waals surface area contributed by atoms with Gasteiger partial charge in [-0.1, -0.05) is 22.9 Å². The number of fused-ring (bicyclic) bond motifs is 1. The largest absolute Gasteiger partial charge is 0.489 e. The number of thiazole rings is 1. The third-order valence-corrected chi connectivity index (χ3v) is 4.94. The maximum Gasteiger partial charge on any atom is 0.307 e. The highest BCUT2D eigenvalue weighted by Gasteiger charge is 2.16. The van der Waals surface area contributed by atoms with Crippen molar-refractivity contribution in [2.75, 3.05) is 13.2 Å². The van der Waals surface area contributed by atoms with Gasteiger partial charge in [0.2, 0.25) is 0 Å². The summed E-state index contributed by atoms with van der Waals surface area (Å²) in [6.45, 7) is 3.36. The van der Waals surface area contributed by atoms with E-state index in [0.29, 0.717) is 36.3 Å².